The molecule has 3 N–H and O–H groups in total. The van der Waals surface area contributed by atoms with E-state index in [1.165, 1.54) is 12.1 Å². The molecule has 0 spiro atoms. The number of pyridine rings is 1. The summed E-state index contributed by atoms with van der Waals surface area (Å²) in [5.74, 6) is 0. The lowest BCUT2D eigenvalue weighted by Gasteiger charge is -2.12. The first-order valence-electron chi connectivity index (χ1n) is 5.47. The van der Waals surface area contributed by atoms with Crippen LogP contribution in [0.25, 0.3) is 0 Å². The van der Waals surface area contributed by atoms with Crippen LogP contribution in [0.2, 0.25) is 0 Å². The van der Waals surface area contributed by atoms with Gasteiger partial charge in [0.05, 0.1) is 5.69 Å². The molecule has 9 heteroatoms. The Labute approximate surface area is 138 Å². The van der Waals surface area contributed by atoms with Gasteiger partial charge in [0, 0.05) is 20.8 Å². The number of hydrogen-bond donors (Lipinski definition) is 2. The van der Waals surface area contributed by atoms with E-state index in [0.29, 0.717) is 20.3 Å². The highest BCUT2D eigenvalue weighted by molar-refractivity contribution is 9.11. The Hall–Kier alpha value is -1.63. The van der Waals surface area contributed by atoms with Crippen LogP contribution in [-0.4, -0.2) is 13.4 Å². The molecule has 1 aromatic carbocycles. The van der Waals surface area contributed by atoms with Crippen molar-refractivity contribution < 1.29 is 8.42 Å². The fourth-order valence-electron chi connectivity index (χ4n) is 1.49. The van der Waals surface area contributed by atoms with Crippen LogP contribution in [0.15, 0.2) is 44.3 Å². The largest absolute Gasteiger partial charge is 0.399 e. The molecule has 0 aliphatic heterocycles. The van der Waals surface area contributed by atoms with E-state index in [4.69, 9.17) is 11.0 Å². The summed E-state index contributed by atoms with van der Waals surface area (Å²) in [6.45, 7) is 0. The number of halogens is 2. The first-order valence-corrected chi connectivity index (χ1v) is 8.54. The van der Waals surface area contributed by atoms with Crippen LogP contribution < -0.4 is 10.5 Å². The SMILES string of the molecule is N#Cc1ccc(S(=O)(=O)Nc2c(Br)cc(N)cc2Br)cn1. The Bertz CT molecular complexity index is 806. The number of nitrogen functional groups attached to an aromatic ring is 1. The maximum Gasteiger partial charge on any atom is 0.263 e. The summed E-state index contributed by atoms with van der Waals surface area (Å²) in [6, 6.07) is 7.64. The van der Waals surface area contributed by atoms with Crippen molar-refractivity contribution in [1.29, 1.82) is 5.26 Å². The number of nitrogens with two attached hydrogens (primary N) is 1. The van der Waals surface area contributed by atoms with Crippen molar-refractivity contribution in [3.05, 3.63) is 45.1 Å². The Morgan fingerprint density at radius 1 is 1.24 bits per heavy atom. The van der Waals surface area contributed by atoms with Gasteiger partial charge in [-0.15, -0.1) is 0 Å². The van der Waals surface area contributed by atoms with Gasteiger partial charge in [-0.3, -0.25) is 4.72 Å². The van der Waals surface area contributed by atoms with Crippen LogP contribution in [0, 0.1) is 11.3 Å². The van der Waals surface area contributed by atoms with Gasteiger partial charge in [0.25, 0.3) is 10.0 Å². The molecule has 0 amide bonds. The van der Waals surface area contributed by atoms with Crippen molar-refractivity contribution in [2.24, 2.45) is 0 Å². The molecule has 1 aromatic heterocycles. The highest BCUT2D eigenvalue weighted by Crippen LogP contribution is 2.34. The van der Waals surface area contributed by atoms with Gasteiger partial charge < -0.3 is 5.73 Å². The zero-order valence-electron chi connectivity index (χ0n) is 10.3. The molecule has 2 rings (SSSR count). The lowest BCUT2D eigenvalue weighted by atomic mass is 10.3. The predicted octanol–water partition coefficient (Wildman–Crippen LogP) is 2.86. The highest BCUT2D eigenvalue weighted by Gasteiger charge is 2.18. The Balaban J connectivity index is 2.40. The van der Waals surface area contributed by atoms with E-state index in [9.17, 15) is 8.42 Å². The van der Waals surface area contributed by atoms with E-state index in [2.05, 4.69) is 41.6 Å². The highest BCUT2D eigenvalue weighted by atomic mass is 79.9. The molecule has 0 radical (unpaired) electrons. The topological polar surface area (TPSA) is 109 Å². The van der Waals surface area contributed by atoms with E-state index in [1.807, 2.05) is 6.07 Å². The number of sulfonamides is 1. The summed E-state index contributed by atoms with van der Waals surface area (Å²) in [7, 11) is -3.82. The second-order valence-electron chi connectivity index (χ2n) is 3.96. The van der Waals surface area contributed by atoms with Crippen molar-refractivity contribution in [3.63, 3.8) is 0 Å². The minimum absolute atomic E-state index is 0.0443. The average Bonchev–Trinajstić information content (AvgIpc) is 2.43. The second-order valence-corrected chi connectivity index (χ2v) is 7.35. The van der Waals surface area contributed by atoms with Crippen LogP contribution in [0.4, 0.5) is 11.4 Å². The quantitative estimate of drug-likeness (QED) is 0.726. The standard InChI is InChI=1S/C12H8Br2N4O2S/c13-10-3-7(16)4-11(14)12(10)18-21(19,20)9-2-1-8(5-15)17-6-9/h1-4,6,18H,16H2. The number of aromatic nitrogens is 1. The van der Waals surface area contributed by atoms with Gasteiger partial charge in [0.1, 0.15) is 16.7 Å². The molecule has 0 saturated carbocycles. The number of anilines is 2. The minimum Gasteiger partial charge on any atom is -0.399 e. The molecule has 0 aliphatic rings. The van der Waals surface area contributed by atoms with Gasteiger partial charge in [0.15, 0.2) is 0 Å². The van der Waals surface area contributed by atoms with Gasteiger partial charge in [-0.05, 0) is 56.1 Å². The Morgan fingerprint density at radius 3 is 2.33 bits per heavy atom. The van der Waals surface area contributed by atoms with E-state index < -0.39 is 10.0 Å². The molecule has 0 aliphatic carbocycles. The van der Waals surface area contributed by atoms with Crippen molar-refractivity contribution in [2.45, 2.75) is 4.90 Å². The van der Waals surface area contributed by atoms with E-state index in [0.717, 1.165) is 6.20 Å². The molecule has 0 bridgehead atoms. The van der Waals surface area contributed by atoms with Crippen LogP contribution >= 0.6 is 31.9 Å². The average molecular weight is 432 g/mol. The van der Waals surface area contributed by atoms with E-state index in [1.54, 1.807) is 12.1 Å². The van der Waals surface area contributed by atoms with Gasteiger partial charge in [-0.2, -0.15) is 5.26 Å². The van der Waals surface area contributed by atoms with Gasteiger partial charge in [0.2, 0.25) is 0 Å². The third-order valence-electron chi connectivity index (χ3n) is 2.46. The summed E-state index contributed by atoms with van der Waals surface area (Å²) in [4.78, 5) is 3.70. The van der Waals surface area contributed by atoms with Crippen molar-refractivity contribution in [3.8, 4) is 6.07 Å². The van der Waals surface area contributed by atoms with Crippen LogP contribution in [0.1, 0.15) is 5.69 Å². The van der Waals surface area contributed by atoms with Crippen molar-refractivity contribution >= 4 is 53.3 Å². The fraction of sp³-hybridized carbons (Fsp3) is 0. The van der Waals surface area contributed by atoms with E-state index >= 15 is 0 Å². The molecule has 1 heterocycles. The molecule has 0 fully saturated rings. The molecule has 2 aromatic rings. The molecule has 6 nitrogen and oxygen atoms in total. The third-order valence-corrected chi connectivity index (χ3v) is 5.05. The number of benzene rings is 1. The maximum absolute atomic E-state index is 12.3. The molecule has 21 heavy (non-hydrogen) atoms. The molecule has 108 valence electrons. The van der Waals surface area contributed by atoms with Crippen LogP contribution in [0.3, 0.4) is 0 Å². The number of rotatable bonds is 3. The Morgan fingerprint density at radius 2 is 1.86 bits per heavy atom. The predicted molar refractivity (Wildman–Crippen MR) is 86.0 cm³/mol. The second kappa shape index (κ2) is 6.01. The van der Waals surface area contributed by atoms with Gasteiger partial charge in [-0.25, -0.2) is 13.4 Å². The molecule has 0 atom stereocenters. The lowest BCUT2D eigenvalue weighted by Crippen LogP contribution is -2.14. The number of nitriles is 1. The fourth-order valence-corrected chi connectivity index (χ4v) is 4.22. The summed E-state index contributed by atoms with van der Waals surface area (Å²) in [5, 5.41) is 8.66. The first kappa shape index (κ1) is 15.8. The Kier molecular flexibility index (Phi) is 4.51. The zero-order chi connectivity index (χ0) is 15.6. The summed E-state index contributed by atoms with van der Waals surface area (Å²) < 4.78 is 28.0. The number of nitrogens with zero attached hydrogens (tertiary/aromatic N) is 2. The van der Waals surface area contributed by atoms with Gasteiger partial charge in [-0.1, -0.05) is 0 Å². The molecular weight excluding hydrogens is 424 g/mol. The smallest absolute Gasteiger partial charge is 0.263 e. The minimum atomic E-state index is -3.82. The normalized spacial score (nSPS) is 10.9. The van der Waals surface area contributed by atoms with Crippen LogP contribution in [-0.2, 0) is 10.0 Å². The summed E-state index contributed by atoms with van der Waals surface area (Å²) in [5.41, 5.74) is 6.61. The third kappa shape index (κ3) is 3.53. The molecule has 0 unspecified atom stereocenters. The maximum atomic E-state index is 12.3. The van der Waals surface area contributed by atoms with Crippen LogP contribution in [0.5, 0.6) is 0 Å². The lowest BCUT2D eigenvalue weighted by molar-refractivity contribution is 0.600. The van der Waals surface area contributed by atoms with Gasteiger partial charge >= 0.3 is 0 Å². The summed E-state index contributed by atoms with van der Waals surface area (Å²) >= 11 is 6.50. The number of nitrogens with one attached hydrogen (secondary N) is 1. The van der Waals surface area contributed by atoms with Crippen molar-refractivity contribution in [2.75, 3.05) is 10.5 Å². The molecular formula is C12H8Br2N4O2S. The van der Waals surface area contributed by atoms with Crippen molar-refractivity contribution in [1.82, 2.24) is 4.98 Å². The summed E-state index contributed by atoms with van der Waals surface area (Å²) in [6.07, 6.45) is 1.12. The van der Waals surface area contributed by atoms with E-state index in [-0.39, 0.29) is 10.6 Å². The molecule has 0 saturated heterocycles. The first-order chi connectivity index (χ1) is 9.83. The zero-order valence-corrected chi connectivity index (χ0v) is 14.3. The number of hydrogen-bond acceptors (Lipinski definition) is 5. The monoisotopic (exact) mass is 430 g/mol.